The van der Waals surface area contributed by atoms with Gasteiger partial charge in [0.25, 0.3) is 11.8 Å². The van der Waals surface area contributed by atoms with Gasteiger partial charge >= 0.3 is 0 Å². The van der Waals surface area contributed by atoms with Crippen molar-refractivity contribution in [3.8, 4) is 11.5 Å². The first-order valence-corrected chi connectivity index (χ1v) is 28.0. The summed E-state index contributed by atoms with van der Waals surface area (Å²) in [5.74, 6) is -5.10. The summed E-state index contributed by atoms with van der Waals surface area (Å²) in [7, 11) is 3.62. The number of hydrogen-bond donors (Lipinski definition) is 1. The van der Waals surface area contributed by atoms with Crippen molar-refractivity contribution in [2.45, 2.75) is 134 Å². The minimum Gasteiger partial charge on any atom is -0.483 e. The molecule has 436 valence electrons. The topological polar surface area (TPSA) is 170 Å². The third kappa shape index (κ3) is 12.0. The molecule has 4 heterocycles. The number of ether oxygens (including phenoxy) is 2. The molecule has 83 heavy (non-hydrogen) atoms. The van der Waals surface area contributed by atoms with Crippen molar-refractivity contribution in [2.24, 2.45) is 0 Å². The van der Waals surface area contributed by atoms with Crippen molar-refractivity contribution in [1.82, 2.24) is 29.2 Å². The van der Waals surface area contributed by atoms with Gasteiger partial charge in [0.15, 0.2) is 34.5 Å². The van der Waals surface area contributed by atoms with E-state index in [9.17, 15) is 51.1 Å². The van der Waals surface area contributed by atoms with Crippen LogP contribution in [-0.2, 0) is 41.9 Å². The van der Waals surface area contributed by atoms with E-state index in [2.05, 4.69) is 5.32 Å². The van der Waals surface area contributed by atoms with E-state index in [1.165, 1.54) is 31.5 Å². The Kier molecular flexibility index (Phi) is 17.4. The number of carbonyl (C=O) groups is 5. The molecule has 2 fully saturated rings. The molecule has 0 saturated heterocycles. The maximum atomic E-state index is 14.3. The molecule has 6 aromatic rings. The number of carbonyl (C=O) groups excluding carboxylic acids is 5. The summed E-state index contributed by atoms with van der Waals surface area (Å²) < 4.78 is 70.9. The molecule has 0 bridgehead atoms. The maximum Gasteiger partial charge on any atom is 0.274 e. The van der Waals surface area contributed by atoms with Crippen LogP contribution in [0.1, 0.15) is 137 Å². The molecule has 4 aromatic carbocycles. The lowest BCUT2D eigenvalue weighted by Crippen LogP contribution is -2.65. The molecule has 3 amide bonds. The number of fused-ring (bicyclic) bond motifs is 4. The zero-order valence-corrected chi connectivity index (χ0v) is 47.6. The van der Waals surface area contributed by atoms with Gasteiger partial charge in [0, 0.05) is 88.6 Å². The number of amides is 3. The van der Waals surface area contributed by atoms with Crippen molar-refractivity contribution in [3.05, 3.63) is 198 Å². The number of pyridine rings is 2. The van der Waals surface area contributed by atoms with Crippen LogP contribution < -0.4 is 25.6 Å². The Morgan fingerprint density at radius 2 is 1.01 bits per heavy atom. The molecule has 10 rings (SSSR count). The van der Waals surface area contributed by atoms with E-state index in [1.807, 2.05) is 95.4 Å². The SMILES string of the molecule is CC(=O)N(C)C1CC2(C1)CN(C(C)C)C(=O)c1c(OCc3ccccc3)c(=O)c(C(=O)CCc3ccc(F)cc3F)cn12.CNC1CC2(C1)CN(C(C)C)C(=O)c1c(OCc3ccccc3)c(=O)c(C(=O)CCc3ccc(F)cc3F)cn12. The number of aryl methyl sites for hydroxylation is 2. The lowest BCUT2D eigenvalue weighted by molar-refractivity contribution is -0.134. The van der Waals surface area contributed by atoms with E-state index < -0.39 is 56.8 Å². The minimum atomic E-state index is -0.768. The second-order valence-electron chi connectivity index (χ2n) is 22.8. The molecule has 1 N–H and O–H groups in total. The van der Waals surface area contributed by atoms with Crippen molar-refractivity contribution in [1.29, 1.82) is 0 Å². The fraction of sp³-hybridized carbons (Fsp3) is 0.391. The van der Waals surface area contributed by atoms with Gasteiger partial charge in [0.05, 0.1) is 22.2 Å². The van der Waals surface area contributed by atoms with E-state index in [4.69, 9.17) is 9.47 Å². The Balaban J connectivity index is 0.000000200. The van der Waals surface area contributed by atoms with Crippen LogP contribution in [0.5, 0.6) is 11.5 Å². The van der Waals surface area contributed by atoms with Gasteiger partial charge in [-0.3, -0.25) is 33.6 Å². The number of rotatable bonds is 18. The summed E-state index contributed by atoms with van der Waals surface area (Å²) >= 11 is 0. The van der Waals surface area contributed by atoms with Crippen LogP contribution in [0.3, 0.4) is 0 Å². The molecule has 2 saturated carbocycles. The number of benzene rings is 4. The van der Waals surface area contributed by atoms with Gasteiger partial charge in [0.1, 0.15) is 36.5 Å². The van der Waals surface area contributed by atoms with E-state index in [-0.39, 0.29) is 126 Å². The summed E-state index contributed by atoms with van der Waals surface area (Å²) in [6.45, 7) is 9.99. The van der Waals surface area contributed by atoms with Gasteiger partial charge in [-0.15, -0.1) is 0 Å². The Morgan fingerprint density at radius 1 is 0.614 bits per heavy atom. The third-order valence-corrected chi connectivity index (χ3v) is 16.7. The average molecular weight is 1140 g/mol. The van der Waals surface area contributed by atoms with E-state index in [1.54, 1.807) is 30.9 Å². The summed E-state index contributed by atoms with van der Waals surface area (Å²) in [6, 6.07) is 24.7. The second-order valence-corrected chi connectivity index (χ2v) is 22.8. The molecule has 2 aromatic heterocycles. The molecular weight excluding hydrogens is 1070 g/mol. The van der Waals surface area contributed by atoms with Crippen LogP contribution in [-0.4, -0.2) is 104 Å². The number of halogens is 4. The highest BCUT2D eigenvalue weighted by atomic mass is 19.1. The smallest absolute Gasteiger partial charge is 0.274 e. The number of aromatic nitrogens is 2. The fourth-order valence-corrected chi connectivity index (χ4v) is 11.8. The predicted molar refractivity (Wildman–Crippen MR) is 303 cm³/mol. The zero-order chi connectivity index (χ0) is 59.7. The highest BCUT2D eigenvalue weighted by Crippen LogP contribution is 2.48. The molecule has 4 aliphatic rings. The molecule has 19 heteroatoms. The highest BCUT2D eigenvalue weighted by molar-refractivity contribution is 6.01. The Bertz CT molecular complexity index is 3590. The largest absolute Gasteiger partial charge is 0.483 e. The van der Waals surface area contributed by atoms with Gasteiger partial charge in [-0.05, 0) is 108 Å². The fourth-order valence-electron chi connectivity index (χ4n) is 11.8. The lowest BCUT2D eigenvalue weighted by atomic mass is 9.69. The van der Waals surface area contributed by atoms with Gasteiger partial charge in [-0.25, -0.2) is 17.6 Å². The molecule has 15 nitrogen and oxygen atoms in total. The highest BCUT2D eigenvalue weighted by Gasteiger charge is 2.55. The number of nitrogens with zero attached hydrogens (tertiary/aromatic N) is 5. The van der Waals surface area contributed by atoms with Crippen LogP contribution in [0.2, 0.25) is 0 Å². The van der Waals surface area contributed by atoms with Crippen LogP contribution in [0.15, 0.2) is 119 Å². The van der Waals surface area contributed by atoms with Crippen molar-refractivity contribution in [3.63, 3.8) is 0 Å². The van der Waals surface area contributed by atoms with Gasteiger partial charge in [-0.1, -0.05) is 72.8 Å². The van der Waals surface area contributed by atoms with Gasteiger partial charge in [0.2, 0.25) is 16.8 Å². The van der Waals surface area contributed by atoms with Crippen molar-refractivity contribution < 1.29 is 51.0 Å². The first kappa shape index (κ1) is 59.4. The van der Waals surface area contributed by atoms with Gasteiger partial charge in [-0.2, -0.15) is 0 Å². The number of hydrogen-bond acceptors (Lipinski definition) is 10. The Morgan fingerprint density at radius 3 is 1.37 bits per heavy atom. The maximum absolute atomic E-state index is 14.3. The van der Waals surface area contributed by atoms with Crippen molar-refractivity contribution in [2.75, 3.05) is 27.2 Å². The zero-order valence-electron chi connectivity index (χ0n) is 47.6. The van der Waals surface area contributed by atoms with E-state index in [0.29, 0.717) is 38.8 Å². The van der Waals surface area contributed by atoms with E-state index >= 15 is 0 Å². The quantitative estimate of drug-likeness (QED) is 0.0647. The Hall–Kier alpha value is -8.19. The van der Waals surface area contributed by atoms with Crippen LogP contribution in [0.25, 0.3) is 0 Å². The number of nitrogens with one attached hydrogen (secondary N) is 1. The van der Waals surface area contributed by atoms with Crippen molar-refractivity contribution >= 4 is 29.3 Å². The number of Topliss-reactive ketones (excluding diaryl/α,β-unsaturated/α-hetero) is 2. The molecular formula is C64H68F4N6O9. The lowest BCUT2D eigenvalue weighted by Gasteiger charge is -2.57. The monoisotopic (exact) mass is 1140 g/mol. The van der Waals surface area contributed by atoms with Crippen LogP contribution >= 0.6 is 0 Å². The van der Waals surface area contributed by atoms with Gasteiger partial charge < -0.3 is 38.6 Å². The summed E-state index contributed by atoms with van der Waals surface area (Å²) in [5.41, 5.74) is -0.668. The molecule has 2 aliphatic carbocycles. The molecule has 0 radical (unpaired) electrons. The first-order valence-electron chi connectivity index (χ1n) is 28.0. The van der Waals surface area contributed by atoms with Crippen LogP contribution in [0.4, 0.5) is 17.6 Å². The van der Waals surface area contributed by atoms with Crippen LogP contribution in [0, 0.1) is 23.3 Å². The molecule has 2 aliphatic heterocycles. The molecule has 0 atom stereocenters. The third-order valence-electron chi connectivity index (χ3n) is 16.7. The second kappa shape index (κ2) is 24.3. The molecule has 0 unspecified atom stereocenters. The minimum absolute atomic E-state index is 0.000622. The standard InChI is InChI=1S/C33H35F2N3O5.C31H33F2N3O4/c1-20(2)37-19-33(15-25(16-33)36(4)21(3)39)38-17-26(28(40)13-11-23-10-12-24(34)14-27(23)35)30(41)31(29(38)32(37)42)43-18-22-8-6-5-7-9-22;1-19(2)35-18-31(14-23(15-31)34-3)36-16-24(26(37)12-10-21-9-11-22(32)13-25(21)33)28(38)29(27(36)30(35)39)40-17-20-7-5-4-6-8-20/h5-10,12,14,17,20,25H,11,13,15-16,18-19H2,1-4H3;4-9,11,13,16,19,23,34H,10,12,14-15,17-18H2,1-3H3. The summed E-state index contributed by atoms with van der Waals surface area (Å²) in [5, 5.41) is 3.28. The first-order chi connectivity index (χ1) is 39.5. The normalized spacial score (nSPS) is 19.6. The van der Waals surface area contributed by atoms with E-state index in [0.717, 1.165) is 35.4 Å². The molecule has 2 spiro atoms. The summed E-state index contributed by atoms with van der Waals surface area (Å²) in [6.07, 6.45) is 4.99. The summed E-state index contributed by atoms with van der Waals surface area (Å²) in [4.78, 5) is 99.7. The predicted octanol–water partition coefficient (Wildman–Crippen LogP) is 9.18. The Labute approximate surface area is 478 Å². The average Bonchev–Trinajstić information content (AvgIpc) is 0.918. The number of ketones is 2.